The number of hydroxylamine groups is 2. The van der Waals surface area contributed by atoms with Gasteiger partial charge in [-0.25, -0.2) is 9.59 Å². The Hall–Kier alpha value is -3.62. The second-order valence-electron chi connectivity index (χ2n) is 8.79. The number of aromatic nitrogens is 1. The molecule has 2 aliphatic heterocycles. The number of carbonyl (C=O) groups is 4. The predicted molar refractivity (Wildman–Crippen MR) is 113 cm³/mol. The first-order chi connectivity index (χ1) is 15.2. The van der Waals surface area contributed by atoms with Gasteiger partial charge in [0.2, 0.25) is 0 Å². The lowest BCUT2D eigenvalue weighted by Gasteiger charge is -2.21. The Bertz CT molecular complexity index is 1080. The first-order valence-corrected chi connectivity index (χ1v) is 10.5. The minimum Gasteiger partial charge on any atom is -0.444 e. The van der Waals surface area contributed by atoms with Gasteiger partial charge >= 0.3 is 12.1 Å². The van der Waals surface area contributed by atoms with Gasteiger partial charge in [0.05, 0.1) is 11.1 Å². The number of hydrogen-bond acceptors (Lipinski definition) is 6. The Morgan fingerprint density at radius 1 is 1.06 bits per heavy atom. The standard InChI is InChI=1S/C23H25N3O6/c1-23(2,3)31-22(30)24-13-14-12-18(25-11-7-6-10-17(14)25)21(29)32-26-19(27)15-8-4-5-9-16(15)20(26)28/h4-5,8-9,12H,6-7,10-11,13H2,1-3H3,(H,24,30). The molecule has 1 aromatic carbocycles. The van der Waals surface area contributed by atoms with Crippen molar-refractivity contribution in [1.29, 1.82) is 0 Å². The van der Waals surface area contributed by atoms with Crippen LogP contribution in [0.4, 0.5) is 4.79 Å². The second kappa shape index (κ2) is 8.14. The number of alkyl carbamates (subject to hydrolysis) is 1. The molecule has 9 nitrogen and oxygen atoms in total. The van der Waals surface area contributed by atoms with Crippen molar-refractivity contribution in [2.75, 3.05) is 0 Å². The lowest BCUT2D eigenvalue weighted by molar-refractivity contribution is -0.0591. The number of ether oxygens (including phenoxy) is 1. The number of carbonyl (C=O) groups excluding carboxylic acids is 4. The van der Waals surface area contributed by atoms with Crippen molar-refractivity contribution in [1.82, 2.24) is 14.9 Å². The van der Waals surface area contributed by atoms with Crippen molar-refractivity contribution < 1.29 is 28.8 Å². The molecule has 32 heavy (non-hydrogen) atoms. The quantitative estimate of drug-likeness (QED) is 0.733. The zero-order valence-electron chi connectivity index (χ0n) is 18.3. The summed E-state index contributed by atoms with van der Waals surface area (Å²) in [7, 11) is 0. The minimum absolute atomic E-state index is 0.185. The molecule has 0 fully saturated rings. The van der Waals surface area contributed by atoms with Crippen molar-refractivity contribution in [2.45, 2.75) is 58.7 Å². The largest absolute Gasteiger partial charge is 0.444 e. The van der Waals surface area contributed by atoms with Crippen LogP contribution in [-0.2, 0) is 29.1 Å². The smallest absolute Gasteiger partial charge is 0.407 e. The van der Waals surface area contributed by atoms with E-state index in [0.29, 0.717) is 11.6 Å². The van der Waals surface area contributed by atoms with E-state index in [0.717, 1.165) is 30.5 Å². The maximum absolute atomic E-state index is 13.0. The number of nitrogens with zero attached hydrogens (tertiary/aromatic N) is 2. The highest BCUT2D eigenvalue weighted by Crippen LogP contribution is 2.27. The third kappa shape index (κ3) is 4.10. The highest BCUT2D eigenvalue weighted by Gasteiger charge is 2.39. The molecule has 0 saturated carbocycles. The Morgan fingerprint density at radius 2 is 1.72 bits per heavy atom. The molecule has 2 aromatic rings. The monoisotopic (exact) mass is 439 g/mol. The summed E-state index contributed by atoms with van der Waals surface area (Å²) >= 11 is 0. The van der Waals surface area contributed by atoms with E-state index < -0.39 is 29.5 Å². The molecule has 0 atom stereocenters. The summed E-state index contributed by atoms with van der Waals surface area (Å²) in [5, 5.41) is 3.22. The van der Waals surface area contributed by atoms with Crippen LogP contribution in [0.25, 0.3) is 0 Å². The van der Waals surface area contributed by atoms with Gasteiger partial charge in [0.1, 0.15) is 11.3 Å². The van der Waals surface area contributed by atoms with Gasteiger partial charge in [-0.15, -0.1) is 0 Å². The van der Waals surface area contributed by atoms with Crippen LogP contribution in [0.2, 0.25) is 0 Å². The van der Waals surface area contributed by atoms with Crippen molar-refractivity contribution in [3.63, 3.8) is 0 Å². The molecular formula is C23H25N3O6. The van der Waals surface area contributed by atoms with Crippen LogP contribution >= 0.6 is 0 Å². The predicted octanol–water partition coefficient (Wildman–Crippen LogP) is 3.22. The third-order valence-corrected chi connectivity index (χ3v) is 5.31. The molecule has 0 unspecified atom stereocenters. The van der Waals surface area contributed by atoms with E-state index in [1.807, 2.05) is 4.57 Å². The summed E-state index contributed by atoms with van der Waals surface area (Å²) in [4.78, 5) is 55.3. The Balaban J connectivity index is 1.52. The van der Waals surface area contributed by atoms with Gasteiger partial charge in [-0.05, 0) is 63.8 Å². The third-order valence-electron chi connectivity index (χ3n) is 5.31. The summed E-state index contributed by atoms with van der Waals surface area (Å²) in [5.74, 6) is -2.14. The van der Waals surface area contributed by atoms with Crippen LogP contribution in [0.15, 0.2) is 30.3 Å². The van der Waals surface area contributed by atoms with Crippen LogP contribution < -0.4 is 5.32 Å². The van der Waals surface area contributed by atoms with Gasteiger partial charge in [-0.1, -0.05) is 17.2 Å². The first-order valence-electron chi connectivity index (χ1n) is 10.5. The van der Waals surface area contributed by atoms with Gasteiger partial charge < -0.3 is 19.5 Å². The number of amides is 3. The average molecular weight is 439 g/mol. The van der Waals surface area contributed by atoms with Gasteiger partial charge in [0, 0.05) is 18.8 Å². The maximum Gasteiger partial charge on any atom is 0.407 e. The van der Waals surface area contributed by atoms with E-state index in [-0.39, 0.29) is 23.4 Å². The molecule has 3 amide bonds. The lowest BCUT2D eigenvalue weighted by atomic mass is 10.1. The molecule has 1 aromatic heterocycles. The molecule has 168 valence electrons. The highest BCUT2D eigenvalue weighted by atomic mass is 16.7. The molecule has 0 radical (unpaired) electrons. The maximum atomic E-state index is 13.0. The fourth-order valence-corrected chi connectivity index (χ4v) is 3.94. The van der Waals surface area contributed by atoms with Crippen LogP contribution in [0.1, 0.15) is 76.1 Å². The molecule has 3 heterocycles. The van der Waals surface area contributed by atoms with Gasteiger partial charge in [-0.3, -0.25) is 9.59 Å². The van der Waals surface area contributed by atoms with Crippen LogP contribution in [0.3, 0.4) is 0 Å². The van der Waals surface area contributed by atoms with Crippen LogP contribution in [-0.4, -0.2) is 39.1 Å². The van der Waals surface area contributed by atoms with Gasteiger partial charge in [0.25, 0.3) is 11.8 Å². The van der Waals surface area contributed by atoms with Crippen LogP contribution in [0, 0.1) is 0 Å². The first kappa shape index (κ1) is 21.6. The lowest BCUT2D eigenvalue weighted by Crippen LogP contribution is -2.33. The normalized spacial score (nSPS) is 15.3. The molecule has 4 rings (SSSR count). The summed E-state index contributed by atoms with van der Waals surface area (Å²) in [5.41, 5.74) is 1.70. The average Bonchev–Trinajstić information content (AvgIpc) is 3.23. The molecule has 0 saturated heterocycles. The Morgan fingerprint density at radius 3 is 2.34 bits per heavy atom. The number of rotatable bonds is 4. The zero-order valence-corrected chi connectivity index (χ0v) is 18.3. The number of imide groups is 1. The van der Waals surface area contributed by atoms with Gasteiger partial charge in [-0.2, -0.15) is 0 Å². The fraction of sp³-hybridized carbons (Fsp3) is 0.391. The topological polar surface area (TPSA) is 107 Å². The van der Waals surface area contributed by atoms with Crippen LogP contribution in [0.5, 0.6) is 0 Å². The molecule has 0 bridgehead atoms. The molecular weight excluding hydrogens is 414 g/mol. The highest BCUT2D eigenvalue weighted by molar-refractivity contribution is 6.21. The number of benzene rings is 1. The molecule has 0 spiro atoms. The van der Waals surface area contributed by atoms with E-state index in [1.165, 1.54) is 12.1 Å². The summed E-state index contributed by atoms with van der Waals surface area (Å²) in [6, 6.07) is 7.95. The van der Waals surface area contributed by atoms with Crippen molar-refractivity contribution in [3.05, 3.63) is 58.4 Å². The summed E-state index contributed by atoms with van der Waals surface area (Å²) < 4.78 is 7.10. The van der Waals surface area contributed by atoms with E-state index >= 15 is 0 Å². The van der Waals surface area contributed by atoms with E-state index in [4.69, 9.17) is 9.57 Å². The van der Waals surface area contributed by atoms with Crippen molar-refractivity contribution in [2.24, 2.45) is 0 Å². The van der Waals surface area contributed by atoms with E-state index in [9.17, 15) is 19.2 Å². The molecule has 1 N–H and O–H groups in total. The second-order valence-corrected chi connectivity index (χ2v) is 8.79. The number of nitrogens with one attached hydrogen (secondary N) is 1. The molecule has 0 aliphatic carbocycles. The fourth-order valence-electron chi connectivity index (χ4n) is 3.94. The Kier molecular flexibility index (Phi) is 5.50. The molecule has 9 heteroatoms. The Labute approximate surface area is 185 Å². The van der Waals surface area contributed by atoms with Crippen molar-refractivity contribution >= 4 is 23.9 Å². The molecule has 2 aliphatic rings. The summed E-state index contributed by atoms with van der Waals surface area (Å²) in [6.45, 7) is 6.12. The number of hydrogen-bond donors (Lipinski definition) is 1. The SMILES string of the molecule is CC(C)(C)OC(=O)NCc1cc(C(=O)ON2C(=O)c3ccccc3C2=O)n2c1CCCC2. The van der Waals surface area contributed by atoms with E-state index in [2.05, 4.69) is 5.32 Å². The van der Waals surface area contributed by atoms with Crippen molar-refractivity contribution in [3.8, 4) is 0 Å². The van der Waals surface area contributed by atoms with E-state index in [1.54, 1.807) is 39.0 Å². The summed E-state index contributed by atoms with van der Waals surface area (Å²) in [6.07, 6.45) is 2.03. The zero-order chi connectivity index (χ0) is 23.0. The minimum atomic E-state index is -0.800. The number of fused-ring (bicyclic) bond motifs is 2. The van der Waals surface area contributed by atoms with Gasteiger partial charge in [0.15, 0.2) is 0 Å².